The number of hydrogen-bond donors (Lipinski definition) is 2. The van der Waals surface area contributed by atoms with Crippen molar-refractivity contribution in [3.8, 4) is 0 Å². The van der Waals surface area contributed by atoms with Crippen molar-refractivity contribution >= 4 is 22.9 Å². The van der Waals surface area contributed by atoms with E-state index in [0.29, 0.717) is 0 Å². The van der Waals surface area contributed by atoms with Gasteiger partial charge in [0.1, 0.15) is 0 Å². The maximum atomic E-state index is 10.5. The van der Waals surface area contributed by atoms with Crippen LogP contribution < -0.4 is 5.73 Å². The predicted octanol–water partition coefficient (Wildman–Crippen LogP) is 1.67. The van der Waals surface area contributed by atoms with Gasteiger partial charge < -0.3 is 10.7 Å². The molecule has 0 radical (unpaired) electrons. The Labute approximate surface area is 81.2 Å². The van der Waals surface area contributed by atoms with Gasteiger partial charge in [-0.2, -0.15) is 0 Å². The van der Waals surface area contributed by atoms with E-state index in [1.54, 1.807) is 6.08 Å². The zero-order valence-electron chi connectivity index (χ0n) is 7.53. The number of aromatic nitrogens is 1. The van der Waals surface area contributed by atoms with Crippen LogP contribution in [0.1, 0.15) is 5.69 Å². The molecule has 1 heterocycles. The molecule has 0 atom stereocenters. The van der Waals surface area contributed by atoms with Gasteiger partial charge in [0.15, 0.2) is 0 Å². The Morgan fingerprint density at radius 1 is 1.36 bits per heavy atom. The van der Waals surface area contributed by atoms with Gasteiger partial charge in [-0.15, -0.1) is 0 Å². The molecule has 70 valence electrons. The lowest BCUT2D eigenvalue weighted by atomic mass is 10.2. The van der Waals surface area contributed by atoms with Crippen molar-refractivity contribution in [2.24, 2.45) is 5.73 Å². The summed E-state index contributed by atoms with van der Waals surface area (Å²) in [6, 6.07) is 9.89. The first kappa shape index (κ1) is 8.56. The molecule has 0 aliphatic heterocycles. The molecule has 1 amide bonds. The molecule has 0 aliphatic carbocycles. The van der Waals surface area contributed by atoms with Crippen LogP contribution in [-0.4, -0.2) is 10.9 Å². The molecule has 2 rings (SSSR count). The third kappa shape index (κ3) is 1.66. The van der Waals surface area contributed by atoms with E-state index in [2.05, 4.69) is 4.98 Å². The van der Waals surface area contributed by atoms with Crippen LogP contribution in [0.3, 0.4) is 0 Å². The quantitative estimate of drug-likeness (QED) is 0.688. The minimum Gasteiger partial charge on any atom is -0.366 e. The highest BCUT2D eigenvalue weighted by Crippen LogP contribution is 2.15. The van der Waals surface area contributed by atoms with Gasteiger partial charge in [0.2, 0.25) is 5.91 Å². The minimum atomic E-state index is -0.441. The van der Waals surface area contributed by atoms with E-state index in [0.717, 1.165) is 16.6 Å². The number of nitrogens with two attached hydrogens (primary N) is 1. The molecule has 1 aromatic heterocycles. The lowest BCUT2D eigenvalue weighted by Crippen LogP contribution is -2.05. The van der Waals surface area contributed by atoms with Crippen LogP contribution in [0.2, 0.25) is 0 Å². The molecule has 0 unspecified atom stereocenters. The van der Waals surface area contributed by atoms with E-state index in [9.17, 15) is 4.79 Å². The molecule has 0 saturated heterocycles. The molecule has 0 fully saturated rings. The number of carbonyl (C=O) groups excluding carboxylic acids is 1. The summed E-state index contributed by atoms with van der Waals surface area (Å²) in [4.78, 5) is 13.7. The van der Waals surface area contributed by atoms with E-state index in [1.165, 1.54) is 6.08 Å². The number of benzene rings is 1. The fourth-order valence-corrected chi connectivity index (χ4v) is 1.36. The predicted molar refractivity (Wildman–Crippen MR) is 56.5 cm³/mol. The van der Waals surface area contributed by atoms with Crippen molar-refractivity contribution in [3.63, 3.8) is 0 Å². The molecule has 2 aromatic rings. The maximum Gasteiger partial charge on any atom is 0.241 e. The number of carbonyl (C=O) groups is 1. The van der Waals surface area contributed by atoms with Gasteiger partial charge in [-0.1, -0.05) is 18.2 Å². The van der Waals surface area contributed by atoms with Crippen molar-refractivity contribution in [1.82, 2.24) is 4.98 Å². The zero-order valence-corrected chi connectivity index (χ0v) is 7.53. The number of fused-ring (bicyclic) bond motifs is 1. The van der Waals surface area contributed by atoms with Gasteiger partial charge in [0, 0.05) is 17.3 Å². The van der Waals surface area contributed by atoms with Crippen molar-refractivity contribution < 1.29 is 4.79 Å². The summed E-state index contributed by atoms with van der Waals surface area (Å²) in [5.74, 6) is -0.441. The second kappa shape index (κ2) is 3.38. The number of primary amides is 1. The number of rotatable bonds is 2. The summed E-state index contributed by atoms with van der Waals surface area (Å²) in [6.07, 6.45) is 3.01. The average Bonchev–Trinajstić information content (AvgIpc) is 2.57. The number of nitrogens with one attached hydrogen (secondary N) is 1. The van der Waals surface area contributed by atoms with E-state index >= 15 is 0 Å². The fourth-order valence-electron chi connectivity index (χ4n) is 1.36. The largest absolute Gasteiger partial charge is 0.366 e. The minimum absolute atomic E-state index is 0.441. The van der Waals surface area contributed by atoms with Crippen LogP contribution >= 0.6 is 0 Å². The highest BCUT2D eigenvalue weighted by molar-refractivity contribution is 5.91. The van der Waals surface area contributed by atoms with Crippen LogP contribution in [0.25, 0.3) is 17.0 Å². The van der Waals surface area contributed by atoms with E-state index in [-0.39, 0.29) is 0 Å². The Bertz CT molecular complexity index is 464. The highest BCUT2D eigenvalue weighted by Gasteiger charge is 1.95. The Morgan fingerprint density at radius 2 is 2.14 bits per heavy atom. The molecule has 3 N–H and O–H groups in total. The van der Waals surface area contributed by atoms with Crippen molar-refractivity contribution in [2.45, 2.75) is 0 Å². The molecular formula is C11H10N2O. The Hall–Kier alpha value is -2.03. The number of amides is 1. The highest BCUT2D eigenvalue weighted by atomic mass is 16.1. The Morgan fingerprint density at radius 3 is 2.86 bits per heavy atom. The summed E-state index contributed by atoms with van der Waals surface area (Å²) in [6.45, 7) is 0. The molecule has 0 saturated carbocycles. The van der Waals surface area contributed by atoms with Crippen molar-refractivity contribution in [2.75, 3.05) is 0 Å². The molecule has 3 nitrogen and oxygen atoms in total. The lowest BCUT2D eigenvalue weighted by Gasteiger charge is -1.84. The molecule has 14 heavy (non-hydrogen) atoms. The fraction of sp³-hybridized carbons (Fsp3) is 0. The standard InChI is InChI=1S/C11H10N2O/c12-11(14)6-5-9-7-8-3-1-2-4-10(8)13-9/h1-7,13H,(H2,12,14)/b6-5-. The molecular weight excluding hydrogens is 176 g/mol. The van der Waals surface area contributed by atoms with Gasteiger partial charge in [-0.3, -0.25) is 4.79 Å². The van der Waals surface area contributed by atoms with Crippen molar-refractivity contribution in [3.05, 3.63) is 42.1 Å². The summed E-state index contributed by atoms with van der Waals surface area (Å²) in [5, 5.41) is 1.12. The number of aromatic amines is 1. The first-order valence-corrected chi connectivity index (χ1v) is 4.31. The van der Waals surface area contributed by atoms with Crippen LogP contribution in [0.15, 0.2) is 36.4 Å². The Kier molecular flexibility index (Phi) is 2.07. The summed E-state index contributed by atoms with van der Waals surface area (Å²) >= 11 is 0. The monoisotopic (exact) mass is 186 g/mol. The van der Waals surface area contributed by atoms with Gasteiger partial charge in [0.25, 0.3) is 0 Å². The smallest absolute Gasteiger partial charge is 0.241 e. The zero-order chi connectivity index (χ0) is 9.97. The third-order valence-corrected chi connectivity index (χ3v) is 1.98. The average molecular weight is 186 g/mol. The third-order valence-electron chi connectivity index (χ3n) is 1.98. The summed E-state index contributed by atoms with van der Waals surface area (Å²) in [7, 11) is 0. The normalized spacial score (nSPS) is 11.1. The summed E-state index contributed by atoms with van der Waals surface area (Å²) < 4.78 is 0. The second-order valence-electron chi connectivity index (χ2n) is 3.05. The Balaban J connectivity index is 2.40. The topological polar surface area (TPSA) is 58.9 Å². The van der Waals surface area contributed by atoms with E-state index < -0.39 is 5.91 Å². The van der Waals surface area contributed by atoms with Gasteiger partial charge in [0.05, 0.1) is 0 Å². The molecule has 3 heteroatoms. The molecule has 0 bridgehead atoms. The van der Waals surface area contributed by atoms with Gasteiger partial charge >= 0.3 is 0 Å². The molecule has 1 aromatic carbocycles. The summed E-state index contributed by atoms with van der Waals surface area (Å²) in [5.41, 5.74) is 6.93. The second-order valence-corrected chi connectivity index (χ2v) is 3.05. The molecule has 0 aliphatic rings. The van der Waals surface area contributed by atoms with Crippen LogP contribution in [-0.2, 0) is 4.79 Å². The lowest BCUT2D eigenvalue weighted by molar-refractivity contribution is -0.113. The van der Waals surface area contributed by atoms with Crippen LogP contribution in [0.5, 0.6) is 0 Å². The first-order chi connectivity index (χ1) is 6.75. The number of hydrogen-bond acceptors (Lipinski definition) is 1. The van der Waals surface area contributed by atoms with Gasteiger partial charge in [-0.25, -0.2) is 0 Å². The van der Waals surface area contributed by atoms with Crippen molar-refractivity contribution in [1.29, 1.82) is 0 Å². The number of para-hydroxylation sites is 1. The van der Waals surface area contributed by atoms with Crippen LogP contribution in [0, 0.1) is 0 Å². The maximum absolute atomic E-state index is 10.5. The van der Waals surface area contributed by atoms with E-state index in [1.807, 2.05) is 30.3 Å². The van der Waals surface area contributed by atoms with Crippen LogP contribution in [0.4, 0.5) is 0 Å². The van der Waals surface area contributed by atoms with E-state index in [4.69, 9.17) is 5.73 Å². The number of H-pyrrole nitrogens is 1. The van der Waals surface area contributed by atoms with Gasteiger partial charge in [-0.05, 0) is 23.6 Å². The SMILES string of the molecule is NC(=O)/C=C\c1cc2ccccc2[nH]1. The molecule has 0 spiro atoms. The first-order valence-electron chi connectivity index (χ1n) is 4.31.